The summed E-state index contributed by atoms with van der Waals surface area (Å²) in [5.41, 5.74) is -0.953. The van der Waals surface area contributed by atoms with Gasteiger partial charge in [-0.25, -0.2) is 4.79 Å². The number of amides is 1. The number of nitrogens with one attached hydrogen (secondary N) is 2. The third-order valence-electron chi connectivity index (χ3n) is 3.94. The highest BCUT2D eigenvalue weighted by Gasteiger charge is 2.45. The average Bonchev–Trinajstić information content (AvgIpc) is 2.72. The lowest BCUT2D eigenvalue weighted by Gasteiger charge is -2.38. The zero-order chi connectivity index (χ0) is 12.3. The maximum Gasteiger partial charge on any atom is 0.329 e. The van der Waals surface area contributed by atoms with Gasteiger partial charge in [-0.15, -0.1) is 0 Å². The van der Waals surface area contributed by atoms with E-state index in [2.05, 4.69) is 10.6 Å². The molecule has 0 aromatic rings. The van der Waals surface area contributed by atoms with Gasteiger partial charge in [0.25, 0.3) is 0 Å². The Balaban J connectivity index is 1.74. The van der Waals surface area contributed by atoms with Crippen LogP contribution in [0.4, 0.5) is 0 Å². The van der Waals surface area contributed by atoms with Crippen LogP contribution in [0.5, 0.6) is 0 Å². The minimum Gasteiger partial charge on any atom is -0.480 e. The summed E-state index contributed by atoms with van der Waals surface area (Å²) in [6.07, 6.45) is 4.45. The number of aliphatic carboxylic acids is 1. The molecule has 0 aromatic carbocycles. The second-order valence-electron chi connectivity index (χ2n) is 5.19. The highest BCUT2D eigenvalue weighted by Crippen LogP contribution is 2.32. The van der Waals surface area contributed by atoms with Crippen molar-refractivity contribution in [3.8, 4) is 0 Å². The van der Waals surface area contributed by atoms with Crippen LogP contribution in [0.2, 0.25) is 0 Å². The van der Waals surface area contributed by atoms with Gasteiger partial charge in [0.1, 0.15) is 5.54 Å². The molecule has 5 nitrogen and oxygen atoms in total. The van der Waals surface area contributed by atoms with Crippen molar-refractivity contribution in [3.05, 3.63) is 0 Å². The minimum absolute atomic E-state index is 0.112. The van der Waals surface area contributed by atoms with Crippen LogP contribution < -0.4 is 10.6 Å². The van der Waals surface area contributed by atoms with Gasteiger partial charge in [-0.1, -0.05) is 0 Å². The number of rotatable bonds is 5. The number of carboxylic acid groups (broad SMARTS) is 1. The summed E-state index contributed by atoms with van der Waals surface area (Å²) in [5.74, 6) is -0.429. The molecule has 3 N–H and O–H groups in total. The van der Waals surface area contributed by atoms with Crippen LogP contribution >= 0.6 is 0 Å². The first kappa shape index (κ1) is 12.4. The first-order valence-corrected chi connectivity index (χ1v) is 6.37. The lowest BCUT2D eigenvalue weighted by atomic mass is 9.76. The van der Waals surface area contributed by atoms with E-state index in [-0.39, 0.29) is 5.91 Å². The van der Waals surface area contributed by atoms with E-state index < -0.39 is 11.5 Å². The summed E-state index contributed by atoms with van der Waals surface area (Å²) in [5, 5.41) is 15.0. The molecule has 1 heterocycles. The summed E-state index contributed by atoms with van der Waals surface area (Å²) in [4.78, 5) is 22.8. The Bertz CT molecular complexity index is 307. The summed E-state index contributed by atoms with van der Waals surface area (Å²) < 4.78 is 0. The van der Waals surface area contributed by atoms with Gasteiger partial charge in [0.15, 0.2) is 0 Å². The molecule has 0 radical (unpaired) electrons. The summed E-state index contributed by atoms with van der Waals surface area (Å²) >= 11 is 0. The molecule has 1 saturated carbocycles. The fourth-order valence-electron chi connectivity index (χ4n) is 2.55. The molecule has 1 aliphatic carbocycles. The molecular formula is C12H20N2O3. The molecule has 0 spiro atoms. The van der Waals surface area contributed by atoms with Crippen molar-refractivity contribution in [2.45, 2.75) is 44.1 Å². The van der Waals surface area contributed by atoms with Gasteiger partial charge in [-0.05, 0) is 51.1 Å². The van der Waals surface area contributed by atoms with E-state index in [0.717, 1.165) is 32.4 Å². The maximum absolute atomic E-state index is 11.7. The van der Waals surface area contributed by atoms with Crippen LogP contribution in [0.15, 0.2) is 0 Å². The molecule has 1 amide bonds. The second-order valence-corrected chi connectivity index (χ2v) is 5.19. The number of carboxylic acids is 1. The Morgan fingerprint density at radius 1 is 1.41 bits per heavy atom. The molecule has 2 aliphatic rings. The van der Waals surface area contributed by atoms with E-state index in [9.17, 15) is 9.59 Å². The molecule has 1 unspecified atom stereocenters. The normalized spacial score (nSPS) is 26.2. The highest BCUT2D eigenvalue weighted by atomic mass is 16.4. The van der Waals surface area contributed by atoms with Crippen LogP contribution in [0.1, 0.15) is 38.5 Å². The molecule has 0 bridgehead atoms. The fourth-order valence-corrected chi connectivity index (χ4v) is 2.55. The Hall–Kier alpha value is -1.10. The van der Waals surface area contributed by atoms with Gasteiger partial charge in [-0.3, -0.25) is 4.79 Å². The van der Waals surface area contributed by atoms with Crippen molar-refractivity contribution in [1.82, 2.24) is 10.6 Å². The Morgan fingerprint density at radius 2 is 2.18 bits per heavy atom. The lowest BCUT2D eigenvalue weighted by molar-refractivity contribution is -0.151. The van der Waals surface area contributed by atoms with Gasteiger partial charge < -0.3 is 15.7 Å². The highest BCUT2D eigenvalue weighted by molar-refractivity contribution is 5.87. The van der Waals surface area contributed by atoms with Gasteiger partial charge in [0.2, 0.25) is 5.91 Å². The summed E-state index contributed by atoms with van der Waals surface area (Å²) in [7, 11) is 0. The first-order valence-electron chi connectivity index (χ1n) is 6.37. The smallest absolute Gasteiger partial charge is 0.329 e. The predicted molar refractivity (Wildman–Crippen MR) is 62.6 cm³/mol. The monoisotopic (exact) mass is 240 g/mol. The largest absolute Gasteiger partial charge is 0.480 e. The number of hydrogen-bond acceptors (Lipinski definition) is 3. The molecule has 96 valence electrons. The molecule has 1 saturated heterocycles. The van der Waals surface area contributed by atoms with Crippen LogP contribution in [-0.2, 0) is 9.59 Å². The van der Waals surface area contributed by atoms with Gasteiger partial charge >= 0.3 is 5.97 Å². The van der Waals surface area contributed by atoms with E-state index in [1.807, 2.05) is 0 Å². The van der Waals surface area contributed by atoms with Gasteiger partial charge in [0, 0.05) is 6.42 Å². The standard InChI is InChI=1S/C12H20N2O3/c15-10(3-2-9-4-7-13-8-9)14-12(11(16)17)5-1-6-12/h9,13H,1-8H2,(H,14,15)(H,16,17). The van der Waals surface area contributed by atoms with Crippen molar-refractivity contribution in [1.29, 1.82) is 0 Å². The van der Waals surface area contributed by atoms with E-state index >= 15 is 0 Å². The van der Waals surface area contributed by atoms with Gasteiger partial charge in [0.05, 0.1) is 0 Å². The third kappa shape index (κ3) is 2.77. The Labute approximate surface area is 101 Å². The van der Waals surface area contributed by atoms with E-state index in [4.69, 9.17) is 5.11 Å². The number of carbonyl (C=O) groups is 2. The minimum atomic E-state index is -0.953. The lowest BCUT2D eigenvalue weighted by Crippen LogP contribution is -2.59. The Kier molecular flexibility index (Phi) is 3.66. The predicted octanol–water partition coefficient (Wildman–Crippen LogP) is 0.500. The van der Waals surface area contributed by atoms with Gasteiger partial charge in [-0.2, -0.15) is 0 Å². The first-order chi connectivity index (χ1) is 8.12. The topological polar surface area (TPSA) is 78.4 Å². The van der Waals surface area contributed by atoms with E-state index in [1.54, 1.807) is 0 Å². The van der Waals surface area contributed by atoms with Crippen molar-refractivity contribution in [2.75, 3.05) is 13.1 Å². The molecule has 17 heavy (non-hydrogen) atoms. The second kappa shape index (κ2) is 5.04. The van der Waals surface area contributed by atoms with Crippen LogP contribution in [-0.4, -0.2) is 35.6 Å². The number of hydrogen-bond donors (Lipinski definition) is 3. The van der Waals surface area contributed by atoms with Crippen LogP contribution in [0, 0.1) is 5.92 Å². The van der Waals surface area contributed by atoms with Crippen LogP contribution in [0.3, 0.4) is 0 Å². The summed E-state index contributed by atoms with van der Waals surface area (Å²) in [6.45, 7) is 2.02. The van der Waals surface area contributed by atoms with Crippen LogP contribution in [0.25, 0.3) is 0 Å². The molecule has 5 heteroatoms. The third-order valence-corrected chi connectivity index (χ3v) is 3.94. The maximum atomic E-state index is 11.7. The van der Waals surface area contributed by atoms with Crippen molar-refractivity contribution in [3.63, 3.8) is 0 Å². The average molecular weight is 240 g/mol. The SMILES string of the molecule is O=C(CCC1CCNC1)NC1(C(=O)O)CCC1. The molecule has 2 rings (SSSR count). The zero-order valence-electron chi connectivity index (χ0n) is 10.00. The van der Waals surface area contributed by atoms with Crippen molar-refractivity contribution >= 4 is 11.9 Å². The molecule has 2 fully saturated rings. The van der Waals surface area contributed by atoms with E-state index in [0.29, 0.717) is 25.2 Å². The molecule has 0 aromatic heterocycles. The van der Waals surface area contributed by atoms with E-state index in [1.165, 1.54) is 0 Å². The Morgan fingerprint density at radius 3 is 2.65 bits per heavy atom. The molecule has 1 aliphatic heterocycles. The fraction of sp³-hybridized carbons (Fsp3) is 0.833. The quantitative estimate of drug-likeness (QED) is 0.654. The molecular weight excluding hydrogens is 220 g/mol. The molecule has 1 atom stereocenters. The van der Waals surface area contributed by atoms with Crippen molar-refractivity contribution in [2.24, 2.45) is 5.92 Å². The zero-order valence-corrected chi connectivity index (χ0v) is 10.00. The number of carbonyl (C=O) groups excluding carboxylic acids is 1. The summed E-state index contributed by atoms with van der Waals surface area (Å²) in [6, 6.07) is 0. The van der Waals surface area contributed by atoms with Crippen molar-refractivity contribution < 1.29 is 14.7 Å².